The predicted octanol–water partition coefficient (Wildman–Crippen LogP) is 1.31. The summed E-state index contributed by atoms with van der Waals surface area (Å²) in [6, 6.07) is 7.11. The van der Waals surface area contributed by atoms with Gasteiger partial charge in [-0.15, -0.1) is 0 Å². The molecule has 2 N–H and O–H groups in total. The summed E-state index contributed by atoms with van der Waals surface area (Å²) < 4.78 is 11.3. The van der Waals surface area contributed by atoms with Crippen molar-refractivity contribution in [3.05, 3.63) is 34.7 Å². The van der Waals surface area contributed by atoms with Crippen LogP contribution in [0.5, 0.6) is 5.75 Å². The minimum atomic E-state index is -0.486. The number of anilines is 1. The fourth-order valence-electron chi connectivity index (χ4n) is 1.84. The van der Waals surface area contributed by atoms with Gasteiger partial charge in [0, 0.05) is 11.8 Å². The van der Waals surface area contributed by atoms with E-state index in [1.807, 2.05) is 6.92 Å². The van der Waals surface area contributed by atoms with Crippen molar-refractivity contribution < 1.29 is 18.7 Å². The lowest BCUT2D eigenvalue weighted by atomic mass is 10.2. The number of aryl methyl sites for hydroxylation is 1. The molecule has 8 heteroatoms. The fraction of sp³-hybridized carbons (Fsp3) is 0.357. The summed E-state index contributed by atoms with van der Waals surface area (Å²) in [6.07, 6.45) is 0.574. The van der Waals surface area contributed by atoms with Crippen molar-refractivity contribution in [3.63, 3.8) is 0 Å². The van der Waals surface area contributed by atoms with E-state index in [0.29, 0.717) is 22.9 Å². The molecular weight excluding hydrogens is 306 g/mol. The van der Waals surface area contributed by atoms with E-state index in [0.717, 1.165) is 0 Å². The molecule has 0 aliphatic carbocycles. The van der Waals surface area contributed by atoms with Crippen LogP contribution >= 0.6 is 11.8 Å². The lowest BCUT2D eigenvalue weighted by Gasteiger charge is -2.12. The predicted molar refractivity (Wildman–Crippen MR) is 82.1 cm³/mol. The molecule has 0 aliphatic rings. The minimum absolute atomic E-state index is 0.179. The highest BCUT2D eigenvalue weighted by atomic mass is 32.2. The molecule has 0 saturated heterocycles. The Morgan fingerprint density at radius 2 is 2.32 bits per heavy atom. The second-order valence-corrected chi connectivity index (χ2v) is 5.77. The zero-order valence-corrected chi connectivity index (χ0v) is 13.4. The highest BCUT2D eigenvalue weighted by Crippen LogP contribution is 2.23. The van der Waals surface area contributed by atoms with Crippen LogP contribution in [-0.4, -0.2) is 23.5 Å². The van der Waals surface area contributed by atoms with Crippen molar-refractivity contribution in [2.75, 3.05) is 12.4 Å². The topological polar surface area (TPSA) is 88.2 Å². The van der Waals surface area contributed by atoms with Crippen LogP contribution in [0, 0.1) is 0 Å². The first-order chi connectivity index (χ1) is 10.5. The van der Waals surface area contributed by atoms with Gasteiger partial charge in [0.2, 0.25) is 5.91 Å². The third kappa shape index (κ3) is 3.70. The van der Waals surface area contributed by atoms with Crippen molar-refractivity contribution in [1.29, 1.82) is 0 Å². The van der Waals surface area contributed by atoms with Crippen LogP contribution in [-0.2, 0) is 11.8 Å². The first-order valence-corrected chi connectivity index (χ1v) is 7.62. The maximum Gasteiger partial charge on any atom is 0.441 e. The summed E-state index contributed by atoms with van der Waals surface area (Å²) in [5.41, 5.74) is 0.161. The van der Waals surface area contributed by atoms with E-state index in [1.54, 1.807) is 38.4 Å². The highest BCUT2D eigenvalue weighted by Gasteiger charge is 2.27. The lowest BCUT2D eigenvalue weighted by Crippen LogP contribution is -2.35. The largest absolute Gasteiger partial charge is 0.497 e. The second kappa shape index (κ2) is 7.17. The van der Waals surface area contributed by atoms with Crippen LogP contribution < -0.4 is 20.4 Å². The molecule has 1 unspecified atom stereocenters. The highest BCUT2D eigenvalue weighted by molar-refractivity contribution is 8.00. The van der Waals surface area contributed by atoms with Gasteiger partial charge in [-0.05, 0) is 35.6 Å². The Kier molecular flexibility index (Phi) is 5.26. The van der Waals surface area contributed by atoms with Crippen LogP contribution in [0.25, 0.3) is 0 Å². The molecule has 0 spiro atoms. The van der Waals surface area contributed by atoms with Crippen molar-refractivity contribution in [1.82, 2.24) is 5.27 Å². The Morgan fingerprint density at radius 3 is 2.91 bits per heavy atom. The first kappa shape index (κ1) is 16.2. The Labute approximate surface area is 131 Å². The standard InChI is InChI=1S/C14H17N3O4S/c1-4-11(22-13-14(19)21-16-17(13)2)12(18)15-9-6-5-7-10(8-9)20-3/h5-8,11H,4H2,1-3H3,(H-,15,16,18,19)/p+1. The number of aromatic nitrogens is 2. The van der Waals surface area contributed by atoms with Crippen LogP contribution in [0.15, 0.2) is 38.6 Å². The van der Waals surface area contributed by atoms with E-state index in [1.165, 1.54) is 16.4 Å². The van der Waals surface area contributed by atoms with Crippen molar-refractivity contribution in [2.45, 2.75) is 23.6 Å². The van der Waals surface area contributed by atoms with E-state index >= 15 is 0 Å². The number of nitrogens with zero attached hydrogens (tertiary/aromatic N) is 1. The Balaban J connectivity index is 2.10. The maximum absolute atomic E-state index is 12.4. The van der Waals surface area contributed by atoms with Crippen molar-refractivity contribution in [3.8, 4) is 5.75 Å². The summed E-state index contributed by atoms with van der Waals surface area (Å²) in [5, 5.41) is 5.21. The molecule has 1 heterocycles. The number of aromatic amines is 1. The molecule has 118 valence electrons. The molecule has 0 saturated carbocycles. The zero-order valence-electron chi connectivity index (χ0n) is 12.6. The third-order valence-electron chi connectivity index (χ3n) is 3.01. The van der Waals surface area contributed by atoms with Gasteiger partial charge in [-0.1, -0.05) is 17.7 Å². The maximum atomic E-state index is 12.4. The molecule has 1 aromatic carbocycles. The molecule has 0 radical (unpaired) electrons. The van der Waals surface area contributed by atoms with E-state index in [-0.39, 0.29) is 5.91 Å². The Morgan fingerprint density at radius 1 is 1.55 bits per heavy atom. The van der Waals surface area contributed by atoms with Gasteiger partial charge >= 0.3 is 10.7 Å². The number of carbonyl (C=O) groups is 1. The summed E-state index contributed by atoms with van der Waals surface area (Å²) in [4.78, 5) is 23.9. The lowest BCUT2D eigenvalue weighted by molar-refractivity contribution is -0.772. The molecule has 0 bridgehead atoms. The molecule has 1 amide bonds. The molecule has 0 aliphatic heterocycles. The number of methoxy groups -OCH3 is 1. The second-order valence-electron chi connectivity index (χ2n) is 4.58. The SMILES string of the molecule is CCC(Sc1c(=O)o[nH][n+]1C)C(=O)Nc1cccc(OC)c1. The normalized spacial score (nSPS) is 12.0. The van der Waals surface area contributed by atoms with Crippen molar-refractivity contribution in [2.24, 2.45) is 7.05 Å². The number of H-pyrrole nitrogens is 1. The Bertz CT molecular complexity index is 710. The number of thioether (sulfide) groups is 1. The van der Waals surface area contributed by atoms with E-state index in [4.69, 9.17) is 4.74 Å². The quantitative estimate of drug-likeness (QED) is 0.618. The number of hydrogen-bond donors (Lipinski definition) is 2. The number of benzene rings is 1. The number of rotatable bonds is 6. The fourth-order valence-corrected chi connectivity index (χ4v) is 2.78. The van der Waals surface area contributed by atoms with Gasteiger partial charge in [-0.2, -0.15) is 0 Å². The van der Waals surface area contributed by atoms with Crippen LogP contribution in [0.1, 0.15) is 13.3 Å². The van der Waals surface area contributed by atoms with Gasteiger partial charge in [-0.25, -0.2) is 4.79 Å². The average molecular weight is 324 g/mol. The van der Waals surface area contributed by atoms with Gasteiger partial charge in [0.1, 0.15) is 5.75 Å². The summed E-state index contributed by atoms with van der Waals surface area (Å²) in [6.45, 7) is 1.89. The van der Waals surface area contributed by atoms with Gasteiger partial charge < -0.3 is 10.1 Å². The summed E-state index contributed by atoms with van der Waals surface area (Å²) in [5.74, 6) is 0.484. The van der Waals surface area contributed by atoms with Crippen LogP contribution in [0.4, 0.5) is 5.69 Å². The molecule has 22 heavy (non-hydrogen) atoms. The average Bonchev–Trinajstić information content (AvgIpc) is 2.83. The van der Waals surface area contributed by atoms with Gasteiger partial charge in [0.25, 0.3) is 0 Å². The third-order valence-corrected chi connectivity index (χ3v) is 4.50. The van der Waals surface area contributed by atoms with Gasteiger partial charge in [0.15, 0.2) is 7.05 Å². The summed E-state index contributed by atoms with van der Waals surface area (Å²) >= 11 is 1.17. The molecule has 2 aromatic rings. The van der Waals surface area contributed by atoms with Crippen LogP contribution in [0.2, 0.25) is 0 Å². The molecular formula is C14H18N3O4S+. The Hall–Kier alpha value is -2.22. The molecule has 2 rings (SSSR count). The minimum Gasteiger partial charge on any atom is -0.497 e. The monoisotopic (exact) mass is 324 g/mol. The number of hydrogen-bond acceptors (Lipinski definition) is 5. The van der Waals surface area contributed by atoms with Crippen molar-refractivity contribution >= 4 is 23.4 Å². The van der Waals surface area contributed by atoms with Crippen LogP contribution in [0.3, 0.4) is 0 Å². The van der Waals surface area contributed by atoms with E-state index < -0.39 is 10.9 Å². The molecule has 0 fully saturated rings. The number of amides is 1. The van der Waals surface area contributed by atoms with Gasteiger partial charge in [-0.3, -0.25) is 9.32 Å². The molecule has 1 aromatic heterocycles. The van der Waals surface area contributed by atoms with Gasteiger partial charge in [0.05, 0.1) is 12.4 Å². The summed E-state index contributed by atoms with van der Waals surface area (Å²) in [7, 11) is 3.22. The smallest absolute Gasteiger partial charge is 0.441 e. The molecule has 7 nitrogen and oxygen atoms in total. The number of ether oxygens (including phenoxy) is 1. The number of carbonyl (C=O) groups excluding carboxylic acids is 1. The number of nitrogens with one attached hydrogen (secondary N) is 2. The molecule has 1 atom stereocenters. The van der Waals surface area contributed by atoms with E-state index in [2.05, 4.69) is 15.1 Å². The van der Waals surface area contributed by atoms with E-state index in [9.17, 15) is 9.59 Å². The zero-order chi connectivity index (χ0) is 16.1. The first-order valence-electron chi connectivity index (χ1n) is 6.74.